The van der Waals surface area contributed by atoms with Gasteiger partial charge in [-0.2, -0.15) is 0 Å². The molecule has 2 aliphatic heterocycles. The van der Waals surface area contributed by atoms with Gasteiger partial charge in [0.15, 0.2) is 11.5 Å². The monoisotopic (exact) mass is 632 g/mol. The average molecular weight is 633 g/mol. The minimum atomic E-state index is -0.687. The van der Waals surface area contributed by atoms with Crippen LogP contribution in [-0.2, 0) is 4.74 Å². The van der Waals surface area contributed by atoms with E-state index in [-0.39, 0.29) is 12.7 Å². The van der Waals surface area contributed by atoms with Crippen LogP contribution in [0.5, 0.6) is 17.2 Å². The van der Waals surface area contributed by atoms with Gasteiger partial charge in [-0.3, -0.25) is 0 Å². The van der Waals surface area contributed by atoms with Gasteiger partial charge in [-0.15, -0.1) is 0 Å². The van der Waals surface area contributed by atoms with Crippen LogP contribution in [0.2, 0.25) is 0 Å². The summed E-state index contributed by atoms with van der Waals surface area (Å²) in [5, 5.41) is 10.2. The number of methoxy groups -OCH3 is 2. The molecule has 1 atom stereocenters. The maximum atomic E-state index is 13.3. The number of ether oxygens (including phenoxy) is 4. The van der Waals surface area contributed by atoms with Crippen molar-refractivity contribution in [1.29, 1.82) is 0 Å². The first-order valence-corrected chi connectivity index (χ1v) is 15.1. The number of carbonyl (C=O) groups excluding carboxylic acids is 2. The van der Waals surface area contributed by atoms with Gasteiger partial charge in [-0.25, -0.2) is 24.5 Å². The van der Waals surface area contributed by atoms with Gasteiger partial charge in [0, 0.05) is 30.2 Å². The fourth-order valence-corrected chi connectivity index (χ4v) is 5.58. The van der Waals surface area contributed by atoms with Crippen LogP contribution >= 0.6 is 0 Å². The number of fused-ring (bicyclic) bond motifs is 1. The zero-order valence-electron chi connectivity index (χ0n) is 25.7. The molecule has 47 heavy (non-hydrogen) atoms. The number of amides is 3. The van der Waals surface area contributed by atoms with Gasteiger partial charge in [0.25, 0.3) is 0 Å². The van der Waals surface area contributed by atoms with Gasteiger partial charge in [-0.1, -0.05) is 48.5 Å². The lowest BCUT2D eigenvalue weighted by Crippen LogP contribution is -2.50. The zero-order chi connectivity index (χ0) is 32.3. The van der Waals surface area contributed by atoms with E-state index in [1.807, 2.05) is 78.9 Å². The third kappa shape index (κ3) is 6.06. The number of nitrogens with one attached hydrogen (secondary N) is 3. The summed E-state index contributed by atoms with van der Waals surface area (Å²) in [6.45, 7) is 1.64. The Bertz CT molecular complexity index is 1950. The Labute approximate surface area is 270 Å². The molecule has 3 N–H and O–H groups in total. The van der Waals surface area contributed by atoms with Crippen molar-refractivity contribution in [3.05, 3.63) is 96.8 Å². The van der Waals surface area contributed by atoms with Crippen molar-refractivity contribution >= 4 is 40.2 Å². The summed E-state index contributed by atoms with van der Waals surface area (Å²) in [6.07, 6.45) is 0.864. The predicted molar refractivity (Wildman–Crippen MR) is 176 cm³/mol. The number of rotatable bonds is 9. The maximum absolute atomic E-state index is 13.3. The topological polar surface area (TPSA) is 136 Å². The molecule has 2 saturated heterocycles. The molecule has 1 aromatic heterocycles. The van der Waals surface area contributed by atoms with Gasteiger partial charge in [0.05, 0.1) is 25.4 Å². The molecule has 2 fully saturated rings. The SMILES string of the molecule is COc1ccc(-c2cccc(NC(=O)N3C(=O)OCC3c3ccccc3)c2)cc1Nc1ncnc2cc(OC)c(OC3CNC3)cc12. The maximum Gasteiger partial charge on any atom is 0.418 e. The summed E-state index contributed by atoms with van der Waals surface area (Å²) < 4.78 is 22.6. The molecule has 0 saturated carbocycles. The highest BCUT2D eigenvalue weighted by atomic mass is 16.6. The van der Waals surface area contributed by atoms with Crippen LogP contribution in [0.3, 0.4) is 0 Å². The number of cyclic esters (lactones) is 1. The van der Waals surface area contributed by atoms with Crippen LogP contribution < -0.4 is 30.2 Å². The van der Waals surface area contributed by atoms with Crippen LogP contribution in [0, 0.1) is 0 Å². The second kappa shape index (κ2) is 12.9. The van der Waals surface area contributed by atoms with E-state index in [1.54, 1.807) is 20.3 Å². The third-order valence-corrected chi connectivity index (χ3v) is 8.13. The number of anilines is 3. The van der Waals surface area contributed by atoms with Gasteiger partial charge in [-0.05, 0) is 47.0 Å². The second-order valence-electron chi connectivity index (χ2n) is 11.1. The molecular weight excluding hydrogens is 600 g/mol. The van der Waals surface area contributed by atoms with E-state index in [2.05, 4.69) is 25.9 Å². The van der Waals surface area contributed by atoms with Crippen molar-refractivity contribution in [2.75, 3.05) is 44.5 Å². The summed E-state index contributed by atoms with van der Waals surface area (Å²) in [4.78, 5) is 35.9. The number of benzene rings is 4. The van der Waals surface area contributed by atoms with E-state index < -0.39 is 18.2 Å². The lowest BCUT2D eigenvalue weighted by molar-refractivity contribution is 0.137. The summed E-state index contributed by atoms with van der Waals surface area (Å²) in [5.41, 5.74) is 4.39. The van der Waals surface area contributed by atoms with Gasteiger partial charge >= 0.3 is 12.1 Å². The number of urea groups is 1. The fourth-order valence-electron chi connectivity index (χ4n) is 5.58. The smallest absolute Gasteiger partial charge is 0.418 e. The van der Waals surface area contributed by atoms with Crippen LogP contribution in [0.4, 0.5) is 26.8 Å². The van der Waals surface area contributed by atoms with Crippen molar-refractivity contribution in [3.8, 4) is 28.4 Å². The molecular formula is C35H32N6O6. The molecule has 5 aromatic rings. The van der Waals surface area contributed by atoms with Gasteiger partial charge in [0.2, 0.25) is 0 Å². The Balaban J connectivity index is 1.15. The number of nitrogens with zero attached hydrogens (tertiary/aromatic N) is 3. The lowest BCUT2D eigenvalue weighted by atomic mass is 10.0. The van der Waals surface area contributed by atoms with Crippen LogP contribution in [0.25, 0.3) is 22.0 Å². The molecule has 12 heteroatoms. The van der Waals surface area contributed by atoms with E-state index in [1.165, 1.54) is 6.33 Å². The second-order valence-corrected chi connectivity index (χ2v) is 11.1. The number of hydrogen-bond acceptors (Lipinski definition) is 10. The Morgan fingerprint density at radius 1 is 0.894 bits per heavy atom. The molecule has 0 aliphatic carbocycles. The summed E-state index contributed by atoms with van der Waals surface area (Å²) in [7, 11) is 3.20. The van der Waals surface area contributed by atoms with Crippen molar-refractivity contribution in [1.82, 2.24) is 20.2 Å². The summed E-state index contributed by atoms with van der Waals surface area (Å²) in [5.74, 6) is 2.38. The highest BCUT2D eigenvalue weighted by molar-refractivity contribution is 6.00. The van der Waals surface area contributed by atoms with Gasteiger partial charge in [0.1, 0.15) is 36.6 Å². The van der Waals surface area contributed by atoms with E-state index >= 15 is 0 Å². The highest BCUT2D eigenvalue weighted by Crippen LogP contribution is 2.38. The molecule has 0 radical (unpaired) electrons. The molecule has 7 rings (SSSR count). The highest BCUT2D eigenvalue weighted by Gasteiger charge is 2.39. The van der Waals surface area contributed by atoms with E-state index in [0.29, 0.717) is 40.0 Å². The Hall–Kier alpha value is -5.88. The molecule has 3 heterocycles. The van der Waals surface area contributed by atoms with E-state index in [9.17, 15) is 9.59 Å². The van der Waals surface area contributed by atoms with Crippen LogP contribution in [0.15, 0.2) is 91.3 Å². The number of hydrogen-bond donors (Lipinski definition) is 3. The van der Waals surface area contributed by atoms with Crippen LogP contribution in [0.1, 0.15) is 11.6 Å². The first kappa shape index (κ1) is 29.8. The number of carbonyl (C=O) groups is 2. The average Bonchev–Trinajstić information content (AvgIpc) is 3.48. The zero-order valence-corrected chi connectivity index (χ0v) is 25.7. The number of imide groups is 1. The van der Waals surface area contributed by atoms with E-state index in [4.69, 9.17) is 18.9 Å². The molecule has 4 aromatic carbocycles. The molecule has 0 spiro atoms. The quantitative estimate of drug-likeness (QED) is 0.174. The minimum Gasteiger partial charge on any atom is -0.495 e. The molecule has 3 amide bonds. The molecule has 0 bridgehead atoms. The number of aromatic nitrogens is 2. The van der Waals surface area contributed by atoms with Crippen molar-refractivity contribution in [2.24, 2.45) is 0 Å². The molecule has 12 nitrogen and oxygen atoms in total. The Morgan fingerprint density at radius 3 is 2.47 bits per heavy atom. The summed E-state index contributed by atoms with van der Waals surface area (Å²) in [6, 6.07) is 25.1. The van der Waals surface area contributed by atoms with Gasteiger partial charge < -0.3 is 34.9 Å². The first-order chi connectivity index (χ1) is 23.0. The molecule has 2 aliphatic rings. The molecule has 1 unspecified atom stereocenters. The standard InChI is InChI=1S/C35H32N6O6/c1-44-30-12-11-23(14-28(30)40-33-26-15-32(47-25-17-36-18-25)31(45-2)16-27(26)37-20-38-33)22-9-6-10-24(13-22)39-34(42)41-29(19-46-35(41)43)21-7-4-3-5-8-21/h3-16,20,25,29,36H,17-19H2,1-2H3,(H,39,42)(H,37,38,40). The normalized spacial score (nSPS) is 15.9. The van der Waals surface area contributed by atoms with Crippen molar-refractivity contribution in [3.63, 3.8) is 0 Å². The largest absolute Gasteiger partial charge is 0.495 e. The van der Waals surface area contributed by atoms with E-state index in [0.717, 1.165) is 40.1 Å². The molecule has 238 valence electrons. The minimum absolute atomic E-state index is 0.0641. The first-order valence-electron chi connectivity index (χ1n) is 15.1. The van der Waals surface area contributed by atoms with Crippen molar-refractivity contribution in [2.45, 2.75) is 12.1 Å². The predicted octanol–water partition coefficient (Wildman–Crippen LogP) is 6.13. The Kier molecular flexibility index (Phi) is 8.15. The van der Waals surface area contributed by atoms with Crippen LogP contribution in [-0.4, -0.2) is 67.0 Å². The Morgan fingerprint density at radius 2 is 1.70 bits per heavy atom. The van der Waals surface area contributed by atoms with Crippen molar-refractivity contribution < 1.29 is 28.5 Å². The lowest BCUT2D eigenvalue weighted by Gasteiger charge is -2.28. The third-order valence-electron chi connectivity index (χ3n) is 8.13. The summed E-state index contributed by atoms with van der Waals surface area (Å²) >= 11 is 0. The fraction of sp³-hybridized carbons (Fsp3) is 0.200.